The Kier molecular flexibility index (Phi) is 6.26. The van der Waals surface area contributed by atoms with Gasteiger partial charge in [0.2, 0.25) is 0 Å². The van der Waals surface area contributed by atoms with E-state index in [1.165, 1.54) is 51.9 Å². The van der Waals surface area contributed by atoms with Gasteiger partial charge in [-0.3, -0.25) is 0 Å². The summed E-state index contributed by atoms with van der Waals surface area (Å²) in [4.78, 5) is 2.50. The first-order chi connectivity index (χ1) is 7.26. The Morgan fingerprint density at radius 1 is 1.20 bits per heavy atom. The lowest BCUT2D eigenvalue weighted by Crippen LogP contribution is -2.31. The average molecular weight is 212 g/mol. The summed E-state index contributed by atoms with van der Waals surface area (Å²) >= 11 is 0. The Morgan fingerprint density at radius 2 is 1.93 bits per heavy atom. The smallest absolute Gasteiger partial charge is 0.00697 e. The SMILES string of the molecule is CCN(CC)CCCN[C@H]1CC[C@H](C)C1. The van der Waals surface area contributed by atoms with Crippen LogP contribution in [0.4, 0.5) is 0 Å². The molecule has 0 bridgehead atoms. The van der Waals surface area contributed by atoms with Crippen LogP contribution >= 0.6 is 0 Å². The molecule has 1 aliphatic carbocycles. The fraction of sp³-hybridized carbons (Fsp3) is 1.00. The van der Waals surface area contributed by atoms with E-state index in [9.17, 15) is 0 Å². The first kappa shape index (κ1) is 13.0. The van der Waals surface area contributed by atoms with E-state index in [1.807, 2.05) is 0 Å². The van der Waals surface area contributed by atoms with Gasteiger partial charge < -0.3 is 10.2 Å². The van der Waals surface area contributed by atoms with Crippen molar-refractivity contribution in [3.8, 4) is 0 Å². The number of hydrogen-bond donors (Lipinski definition) is 1. The monoisotopic (exact) mass is 212 g/mol. The molecule has 1 saturated carbocycles. The highest BCUT2D eigenvalue weighted by atomic mass is 15.1. The zero-order valence-corrected chi connectivity index (χ0v) is 10.8. The van der Waals surface area contributed by atoms with Gasteiger partial charge in [-0.05, 0) is 57.8 Å². The highest BCUT2D eigenvalue weighted by Gasteiger charge is 2.19. The second-order valence-corrected chi connectivity index (χ2v) is 4.95. The fourth-order valence-electron chi connectivity index (χ4n) is 2.54. The summed E-state index contributed by atoms with van der Waals surface area (Å²) in [6, 6.07) is 0.816. The molecule has 0 aliphatic heterocycles. The van der Waals surface area contributed by atoms with Crippen LogP contribution in [0.3, 0.4) is 0 Å². The number of hydrogen-bond acceptors (Lipinski definition) is 2. The molecule has 1 rings (SSSR count). The third-order valence-corrected chi connectivity index (χ3v) is 3.67. The van der Waals surface area contributed by atoms with Crippen molar-refractivity contribution in [1.29, 1.82) is 0 Å². The van der Waals surface area contributed by atoms with Gasteiger partial charge in [0.15, 0.2) is 0 Å². The lowest BCUT2D eigenvalue weighted by molar-refractivity contribution is 0.295. The van der Waals surface area contributed by atoms with Gasteiger partial charge in [-0.1, -0.05) is 20.8 Å². The Bertz CT molecular complexity index is 155. The van der Waals surface area contributed by atoms with Crippen molar-refractivity contribution in [2.45, 2.75) is 52.5 Å². The lowest BCUT2D eigenvalue weighted by atomic mass is 10.1. The number of nitrogens with one attached hydrogen (secondary N) is 1. The first-order valence-electron chi connectivity index (χ1n) is 6.72. The van der Waals surface area contributed by atoms with Crippen LogP contribution in [0.1, 0.15) is 46.5 Å². The van der Waals surface area contributed by atoms with Crippen LogP contribution in [0, 0.1) is 5.92 Å². The standard InChI is InChI=1S/C13H28N2/c1-4-15(5-2)10-6-9-14-13-8-7-12(3)11-13/h12-14H,4-11H2,1-3H3/t12-,13-/m0/s1. The van der Waals surface area contributed by atoms with Gasteiger partial charge in [0, 0.05) is 6.04 Å². The van der Waals surface area contributed by atoms with E-state index in [1.54, 1.807) is 0 Å². The Morgan fingerprint density at radius 3 is 2.47 bits per heavy atom. The van der Waals surface area contributed by atoms with Crippen molar-refractivity contribution >= 4 is 0 Å². The molecule has 0 aromatic rings. The number of nitrogens with zero attached hydrogens (tertiary/aromatic N) is 1. The summed E-state index contributed by atoms with van der Waals surface area (Å²) in [5.41, 5.74) is 0. The van der Waals surface area contributed by atoms with E-state index in [2.05, 4.69) is 31.0 Å². The molecule has 0 amide bonds. The van der Waals surface area contributed by atoms with Crippen molar-refractivity contribution in [2.75, 3.05) is 26.2 Å². The predicted molar refractivity (Wildman–Crippen MR) is 67.2 cm³/mol. The molecule has 90 valence electrons. The molecule has 0 spiro atoms. The van der Waals surface area contributed by atoms with Crippen molar-refractivity contribution in [1.82, 2.24) is 10.2 Å². The highest BCUT2D eigenvalue weighted by molar-refractivity contribution is 4.78. The van der Waals surface area contributed by atoms with E-state index in [0.29, 0.717) is 0 Å². The van der Waals surface area contributed by atoms with Crippen LogP contribution in [-0.2, 0) is 0 Å². The predicted octanol–water partition coefficient (Wildman–Crippen LogP) is 2.50. The largest absolute Gasteiger partial charge is 0.314 e. The maximum atomic E-state index is 3.69. The van der Waals surface area contributed by atoms with Crippen molar-refractivity contribution in [3.63, 3.8) is 0 Å². The lowest BCUT2D eigenvalue weighted by Gasteiger charge is -2.19. The number of rotatable bonds is 7. The summed E-state index contributed by atoms with van der Waals surface area (Å²) < 4.78 is 0. The van der Waals surface area contributed by atoms with E-state index in [-0.39, 0.29) is 0 Å². The highest BCUT2D eigenvalue weighted by Crippen LogP contribution is 2.24. The summed E-state index contributed by atoms with van der Waals surface area (Å²) in [6.07, 6.45) is 5.51. The maximum Gasteiger partial charge on any atom is 0.00697 e. The van der Waals surface area contributed by atoms with Crippen LogP contribution in [0.5, 0.6) is 0 Å². The maximum absolute atomic E-state index is 3.69. The van der Waals surface area contributed by atoms with Gasteiger partial charge in [0.1, 0.15) is 0 Å². The van der Waals surface area contributed by atoms with Crippen LogP contribution in [0.2, 0.25) is 0 Å². The molecule has 2 heteroatoms. The van der Waals surface area contributed by atoms with E-state index in [0.717, 1.165) is 12.0 Å². The van der Waals surface area contributed by atoms with E-state index in [4.69, 9.17) is 0 Å². The van der Waals surface area contributed by atoms with Gasteiger partial charge in [-0.15, -0.1) is 0 Å². The molecule has 0 unspecified atom stereocenters. The second kappa shape index (κ2) is 7.24. The fourth-order valence-corrected chi connectivity index (χ4v) is 2.54. The Hall–Kier alpha value is -0.0800. The molecular formula is C13H28N2. The molecule has 15 heavy (non-hydrogen) atoms. The van der Waals surface area contributed by atoms with Gasteiger partial charge in [0.05, 0.1) is 0 Å². The minimum absolute atomic E-state index is 0.816. The Balaban J connectivity index is 1.97. The van der Waals surface area contributed by atoms with Gasteiger partial charge in [-0.2, -0.15) is 0 Å². The molecular weight excluding hydrogens is 184 g/mol. The van der Waals surface area contributed by atoms with Gasteiger partial charge >= 0.3 is 0 Å². The third-order valence-electron chi connectivity index (χ3n) is 3.67. The molecule has 1 aliphatic rings. The average Bonchev–Trinajstić information content (AvgIpc) is 2.65. The summed E-state index contributed by atoms with van der Waals surface area (Å²) in [5.74, 6) is 0.949. The van der Waals surface area contributed by atoms with E-state index < -0.39 is 0 Å². The molecule has 0 aromatic heterocycles. The zero-order chi connectivity index (χ0) is 11.1. The third kappa shape index (κ3) is 4.98. The molecule has 2 nitrogen and oxygen atoms in total. The minimum Gasteiger partial charge on any atom is -0.314 e. The summed E-state index contributed by atoms with van der Waals surface area (Å²) in [7, 11) is 0. The minimum atomic E-state index is 0.816. The quantitative estimate of drug-likeness (QED) is 0.652. The van der Waals surface area contributed by atoms with Crippen LogP contribution in [-0.4, -0.2) is 37.1 Å². The van der Waals surface area contributed by atoms with Crippen molar-refractivity contribution in [2.24, 2.45) is 5.92 Å². The molecule has 0 heterocycles. The van der Waals surface area contributed by atoms with Crippen LogP contribution in [0.25, 0.3) is 0 Å². The Labute approximate surface area is 95.4 Å². The molecule has 0 saturated heterocycles. The second-order valence-electron chi connectivity index (χ2n) is 4.95. The molecule has 0 radical (unpaired) electrons. The summed E-state index contributed by atoms with van der Waals surface area (Å²) in [6.45, 7) is 11.7. The van der Waals surface area contributed by atoms with Gasteiger partial charge in [0.25, 0.3) is 0 Å². The van der Waals surface area contributed by atoms with E-state index >= 15 is 0 Å². The molecule has 1 fully saturated rings. The van der Waals surface area contributed by atoms with Crippen molar-refractivity contribution in [3.05, 3.63) is 0 Å². The molecule has 0 aromatic carbocycles. The zero-order valence-electron chi connectivity index (χ0n) is 10.8. The summed E-state index contributed by atoms with van der Waals surface area (Å²) in [5, 5.41) is 3.69. The van der Waals surface area contributed by atoms with Crippen LogP contribution in [0.15, 0.2) is 0 Å². The van der Waals surface area contributed by atoms with Crippen LogP contribution < -0.4 is 5.32 Å². The van der Waals surface area contributed by atoms with Crippen molar-refractivity contribution < 1.29 is 0 Å². The van der Waals surface area contributed by atoms with Gasteiger partial charge in [-0.25, -0.2) is 0 Å². The molecule has 1 N–H and O–H groups in total. The normalized spacial score (nSPS) is 26.4. The topological polar surface area (TPSA) is 15.3 Å². The molecule has 2 atom stereocenters. The first-order valence-corrected chi connectivity index (χ1v) is 6.72.